The summed E-state index contributed by atoms with van der Waals surface area (Å²) in [4.78, 5) is 10.5. The largest absolute Gasteiger partial charge is 0.456 e. The van der Waals surface area contributed by atoms with E-state index in [1.807, 2.05) is 36.4 Å². The molecule has 0 aliphatic carbocycles. The molecule has 4 heteroatoms. The van der Waals surface area contributed by atoms with Gasteiger partial charge in [-0.3, -0.25) is 0 Å². The molecule has 8 aromatic carbocycles. The Hall–Kier alpha value is -6.78. The van der Waals surface area contributed by atoms with Crippen molar-refractivity contribution in [1.29, 1.82) is 0 Å². The van der Waals surface area contributed by atoms with E-state index in [4.69, 9.17) is 14.4 Å². The molecule has 0 radical (unpaired) electrons. The number of aliphatic imine (C=N–C) groups is 2. The number of hydrogen-bond donors (Lipinski definition) is 1. The molecule has 0 fully saturated rings. The smallest absolute Gasteiger partial charge is 0.160 e. The Morgan fingerprint density at radius 3 is 2.00 bits per heavy atom. The van der Waals surface area contributed by atoms with Gasteiger partial charge in [0.15, 0.2) is 5.84 Å². The van der Waals surface area contributed by atoms with Crippen molar-refractivity contribution in [2.45, 2.75) is 6.17 Å². The lowest BCUT2D eigenvalue weighted by Gasteiger charge is -2.24. The van der Waals surface area contributed by atoms with Gasteiger partial charge in [0.25, 0.3) is 0 Å². The quantitative estimate of drug-likeness (QED) is 0.188. The van der Waals surface area contributed by atoms with E-state index in [2.05, 4.69) is 145 Å². The molecule has 1 aliphatic rings. The van der Waals surface area contributed by atoms with Crippen LogP contribution in [0.15, 0.2) is 190 Å². The molecule has 0 spiro atoms. The fourth-order valence-corrected chi connectivity index (χ4v) is 7.48. The van der Waals surface area contributed by atoms with Gasteiger partial charge in [-0.2, -0.15) is 0 Å². The van der Waals surface area contributed by atoms with Gasteiger partial charge in [-0.25, -0.2) is 9.98 Å². The second-order valence-corrected chi connectivity index (χ2v) is 13.0. The molecule has 240 valence electrons. The summed E-state index contributed by atoms with van der Waals surface area (Å²) in [5, 5.41) is 10.6. The first-order valence-electron chi connectivity index (χ1n) is 17.3. The number of nitrogens with one attached hydrogen (secondary N) is 1. The molecule has 1 atom stereocenters. The van der Waals surface area contributed by atoms with Crippen molar-refractivity contribution in [2.24, 2.45) is 9.98 Å². The predicted molar refractivity (Wildman–Crippen MR) is 211 cm³/mol. The summed E-state index contributed by atoms with van der Waals surface area (Å²) in [6, 6.07) is 61.6. The van der Waals surface area contributed by atoms with E-state index in [9.17, 15) is 0 Å². The Morgan fingerprint density at radius 2 is 1.16 bits per heavy atom. The topological polar surface area (TPSA) is 49.9 Å². The van der Waals surface area contributed by atoms with Crippen LogP contribution in [0, 0.1) is 0 Å². The molecule has 2 heterocycles. The number of benzene rings is 8. The molecule has 1 N–H and O–H groups in total. The van der Waals surface area contributed by atoms with E-state index < -0.39 is 0 Å². The fraction of sp³-hybridized carbons (Fsp3) is 0.0213. The van der Waals surface area contributed by atoms with Crippen LogP contribution in [-0.2, 0) is 0 Å². The van der Waals surface area contributed by atoms with Crippen LogP contribution in [0.4, 0.5) is 0 Å². The van der Waals surface area contributed by atoms with Gasteiger partial charge >= 0.3 is 0 Å². The van der Waals surface area contributed by atoms with E-state index in [1.54, 1.807) is 0 Å². The molecule has 0 bridgehead atoms. The zero-order chi connectivity index (χ0) is 33.7. The highest BCUT2D eigenvalue weighted by Crippen LogP contribution is 2.39. The van der Waals surface area contributed by atoms with Gasteiger partial charge in [-0.15, -0.1) is 0 Å². The van der Waals surface area contributed by atoms with Gasteiger partial charge in [0.1, 0.15) is 23.2 Å². The average molecular weight is 654 g/mol. The van der Waals surface area contributed by atoms with E-state index in [1.165, 1.54) is 32.7 Å². The van der Waals surface area contributed by atoms with Crippen LogP contribution in [0.5, 0.6) is 0 Å². The van der Waals surface area contributed by atoms with Crippen molar-refractivity contribution < 1.29 is 4.42 Å². The zero-order valence-corrected chi connectivity index (χ0v) is 27.6. The lowest BCUT2D eigenvalue weighted by atomic mass is 9.92. The molecular weight excluding hydrogens is 623 g/mol. The number of hydrogen-bond acceptors (Lipinski definition) is 4. The van der Waals surface area contributed by atoms with Gasteiger partial charge in [0, 0.05) is 21.9 Å². The van der Waals surface area contributed by atoms with E-state index in [-0.39, 0.29) is 6.17 Å². The Balaban J connectivity index is 1.16. The minimum Gasteiger partial charge on any atom is -0.456 e. The van der Waals surface area contributed by atoms with Crippen molar-refractivity contribution in [3.8, 4) is 22.3 Å². The van der Waals surface area contributed by atoms with Crippen molar-refractivity contribution in [3.05, 3.63) is 193 Å². The molecule has 0 saturated carbocycles. The van der Waals surface area contributed by atoms with Crippen LogP contribution >= 0.6 is 0 Å². The minimum atomic E-state index is -0.343. The maximum atomic E-state index is 6.50. The van der Waals surface area contributed by atoms with Crippen LogP contribution in [-0.4, -0.2) is 11.7 Å². The summed E-state index contributed by atoms with van der Waals surface area (Å²) in [6.45, 7) is 0. The Kier molecular flexibility index (Phi) is 6.85. The lowest BCUT2D eigenvalue weighted by molar-refractivity contribution is 0.668. The normalized spacial score (nSPS) is 14.5. The van der Waals surface area contributed by atoms with E-state index in [0.29, 0.717) is 5.84 Å². The third kappa shape index (κ3) is 5.08. The summed E-state index contributed by atoms with van der Waals surface area (Å²) < 4.78 is 6.50. The van der Waals surface area contributed by atoms with Crippen LogP contribution < -0.4 is 5.32 Å². The highest BCUT2D eigenvalue weighted by molar-refractivity contribution is 6.22. The van der Waals surface area contributed by atoms with Crippen LogP contribution in [0.1, 0.15) is 22.9 Å². The molecule has 4 nitrogen and oxygen atoms in total. The molecule has 1 unspecified atom stereocenters. The first kappa shape index (κ1) is 29.2. The Labute approximate surface area is 295 Å². The first-order valence-corrected chi connectivity index (χ1v) is 17.3. The van der Waals surface area contributed by atoms with E-state index in [0.717, 1.165) is 55.6 Å². The van der Waals surface area contributed by atoms with Crippen molar-refractivity contribution in [1.82, 2.24) is 5.32 Å². The number of nitrogens with zero attached hydrogens (tertiary/aromatic N) is 2. The number of amidine groups is 2. The molecule has 1 aliphatic heterocycles. The maximum absolute atomic E-state index is 6.50. The molecule has 51 heavy (non-hydrogen) atoms. The standard InChI is InChI=1S/C47H31N3O/c1-3-13-30(14-4-1)32-18-11-19-35(27-32)46-48-45(31-15-5-2-6-16-31)49-47(50-46)39-23-12-24-43-44(39)41-29-34(25-26-42(41)51-43)40-28-33-17-7-8-20-36(33)37-21-9-10-22-38(37)40/h1-29,46H,(H,48,49,50). The second-order valence-electron chi connectivity index (χ2n) is 13.0. The van der Waals surface area contributed by atoms with Crippen molar-refractivity contribution in [3.63, 3.8) is 0 Å². The highest BCUT2D eigenvalue weighted by atomic mass is 16.3. The Bertz CT molecular complexity index is 2830. The summed E-state index contributed by atoms with van der Waals surface area (Å²) >= 11 is 0. The number of fused-ring (bicyclic) bond motifs is 6. The van der Waals surface area contributed by atoms with Gasteiger partial charge < -0.3 is 9.73 Å². The monoisotopic (exact) mass is 653 g/mol. The lowest BCUT2D eigenvalue weighted by Crippen LogP contribution is -2.33. The van der Waals surface area contributed by atoms with Crippen LogP contribution in [0.3, 0.4) is 0 Å². The van der Waals surface area contributed by atoms with Crippen LogP contribution in [0.25, 0.3) is 65.7 Å². The summed E-state index contributed by atoms with van der Waals surface area (Å²) in [7, 11) is 0. The third-order valence-electron chi connectivity index (χ3n) is 9.91. The zero-order valence-electron chi connectivity index (χ0n) is 27.6. The second kappa shape index (κ2) is 12.0. The average Bonchev–Trinajstić information content (AvgIpc) is 3.59. The van der Waals surface area contributed by atoms with E-state index >= 15 is 0 Å². The molecule has 0 saturated heterocycles. The minimum absolute atomic E-state index is 0.343. The maximum Gasteiger partial charge on any atom is 0.160 e. The summed E-state index contributed by atoms with van der Waals surface area (Å²) in [5.74, 6) is 1.45. The first-order chi connectivity index (χ1) is 25.3. The Morgan fingerprint density at radius 1 is 0.451 bits per heavy atom. The fourth-order valence-electron chi connectivity index (χ4n) is 7.48. The van der Waals surface area contributed by atoms with Crippen molar-refractivity contribution in [2.75, 3.05) is 0 Å². The van der Waals surface area contributed by atoms with Crippen LogP contribution in [0.2, 0.25) is 0 Å². The van der Waals surface area contributed by atoms with Gasteiger partial charge in [0.05, 0.1) is 0 Å². The summed E-state index contributed by atoms with van der Waals surface area (Å²) in [6.07, 6.45) is -0.343. The van der Waals surface area contributed by atoms with Gasteiger partial charge in [-0.1, -0.05) is 146 Å². The number of furan rings is 1. The number of rotatable bonds is 5. The molecule has 9 aromatic rings. The highest BCUT2D eigenvalue weighted by Gasteiger charge is 2.24. The molecule has 1 aromatic heterocycles. The SMILES string of the molecule is c1ccc(C2=NC(c3cccc4oc5ccc(-c6cc7ccccc7c7ccccc67)cc5c34)=NC(c3cccc(-c4ccccc4)c3)N2)cc1. The molecule has 10 rings (SSSR count). The molecular formula is C47H31N3O. The molecule has 0 amide bonds. The third-order valence-corrected chi connectivity index (χ3v) is 9.91. The predicted octanol–water partition coefficient (Wildman–Crippen LogP) is 11.7. The summed E-state index contributed by atoms with van der Waals surface area (Å²) in [5.41, 5.74) is 9.29. The van der Waals surface area contributed by atoms with Gasteiger partial charge in [0.2, 0.25) is 0 Å². The van der Waals surface area contributed by atoms with Gasteiger partial charge in [-0.05, 0) is 79.7 Å². The van der Waals surface area contributed by atoms with Crippen molar-refractivity contribution >= 4 is 55.2 Å².